The van der Waals surface area contributed by atoms with Crippen LogP contribution >= 0.6 is 0 Å². The summed E-state index contributed by atoms with van der Waals surface area (Å²) in [4.78, 5) is 0.0656. The first-order valence-electron chi connectivity index (χ1n) is 14.7. The molecule has 0 saturated heterocycles. The van der Waals surface area contributed by atoms with Crippen molar-refractivity contribution >= 4 is 20.2 Å². The smallest absolute Gasteiger partial charge is 0.296 e. The lowest BCUT2D eigenvalue weighted by molar-refractivity contribution is 0.145. The second kappa shape index (κ2) is 13.3. The molecule has 0 aliphatic carbocycles. The molecule has 10 nitrogen and oxygen atoms in total. The summed E-state index contributed by atoms with van der Waals surface area (Å²) in [5.41, 5.74) is 3.50. The van der Waals surface area contributed by atoms with Gasteiger partial charge in [-0.25, -0.2) is 0 Å². The van der Waals surface area contributed by atoms with Gasteiger partial charge in [0.2, 0.25) is 13.6 Å². The summed E-state index contributed by atoms with van der Waals surface area (Å²) < 4.78 is 86.5. The Morgan fingerprint density at radius 1 is 0.543 bits per heavy atom. The third-order valence-corrected chi connectivity index (χ3v) is 10.6. The van der Waals surface area contributed by atoms with Crippen molar-refractivity contribution in [1.29, 1.82) is 0 Å². The second-order valence-corrected chi connectivity index (χ2v) is 14.6. The summed E-state index contributed by atoms with van der Waals surface area (Å²) in [5.74, 6) is 1.36. The van der Waals surface area contributed by atoms with E-state index in [-0.39, 0.29) is 36.6 Å². The van der Waals surface area contributed by atoms with Gasteiger partial charge in [-0.2, -0.15) is 16.8 Å². The molecule has 0 bridgehead atoms. The predicted octanol–water partition coefficient (Wildman–Crippen LogP) is 5.59. The molecule has 242 valence electrons. The van der Waals surface area contributed by atoms with Crippen molar-refractivity contribution in [2.45, 2.75) is 36.5 Å². The molecule has 6 rings (SSSR count). The maximum absolute atomic E-state index is 13.3. The SMILES string of the molecule is Cc1ccc(S(=O)(=O)OC[C@H](Cc2ccc3c(c2)OCO3)[C@H](COS(=O)(=O)c2ccc(C)cc2)Cc2ccc3c(c2)OCO3)cc1. The van der Waals surface area contributed by atoms with Gasteiger partial charge in [0.25, 0.3) is 20.2 Å². The van der Waals surface area contributed by atoms with Gasteiger partial charge in [-0.15, -0.1) is 0 Å². The lowest BCUT2D eigenvalue weighted by Crippen LogP contribution is -2.30. The standard InChI is InChI=1S/C34H34O10S2/c1-23-3-9-29(10-4-23)45(35,36)43-19-27(15-25-7-13-31-33(17-25)41-21-39-31)28(16-26-8-14-32-34(18-26)42-22-40-32)20-44-46(37,38)30-11-5-24(2)6-12-30/h3-14,17-18,27-28H,15-16,19-22H2,1-2H3/t27-,28-/m0/s1. The van der Waals surface area contributed by atoms with Crippen molar-refractivity contribution in [3.05, 3.63) is 107 Å². The van der Waals surface area contributed by atoms with Gasteiger partial charge in [-0.1, -0.05) is 47.5 Å². The maximum Gasteiger partial charge on any atom is 0.296 e. The van der Waals surface area contributed by atoms with Crippen LogP contribution in [-0.2, 0) is 41.4 Å². The summed E-state index contributed by atoms with van der Waals surface area (Å²) in [6.45, 7) is 3.49. The molecule has 4 aromatic carbocycles. The summed E-state index contributed by atoms with van der Waals surface area (Å²) in [6, 6.07) is 23.8. The van der Waals surface area contributed by atoms with E-state index in [2.05, 4.69) is 0 Å². The van der Waals surface area contributed by atoms with Gasteiger partial charge in [0, 0.05) is 0 Å². The molecule has 0 N–H and O–H groups in total. The number of benzene rings is 4. The average molecular weight is 667 g/mol. The highest BCUT2D eigenvalue weighted by molar-refractivity contribution is 7.87. The molecule has 0 radical (unpaired) electrons. The Balaban J connectivity index is 1.32. The zero-order valence-corrected chi connectivity index (χ0v) is 27.0. The molecule has 2 aliphatic rings. The number of hydrogen-bond acceptors (Lipinski definition) is 10. The molecular formula is C34H34O10S2. The van der Waals surface area contributed by atoms with E-state index in [0.29, 0.717) is 35.8 Å². The molecule has 2 aliphatic heterocycles. The number of hydrogen-bond donors (Lipinski definition) is 0. The van der Waals surface area contributed by atoms with E-state index in [1.807, 2.05) is 38.1 Å². The van der Waals surface area contributed by atoms with Gasteiger partial charge >= 0.3 is 0 Å². The number of rotatable bonds is 13. The molecule has 2 atom stereocenters. The van der Waals surface area contributed by atoms with Gasteiger partial charge in [-0.05, 0) is 98.2 Å². The molecule has 0 unspecified atom stereocenters. The maximum atomic E-state index is 13.3. The summed E-state index contributed by atoms with van der Waals surface area (Å²) in [7, 11) is -8.24. The number of ether oxygens (including phenoxy) is 4. The minimum Gasteiger partial charge on any atom is -0.454 e. The first-order chi connectivity index (χ1) is 22.1. The zero-order chi connectivity index (χ0) is 32.3. The Morgan fingerprint density at radius 2 is 0.913 bits per heavy atom. The largest absolute Gasteiger partial charge is 0.454 e. The first-order valence-corrected chi connectivity index (χ1v) is 17.6. The molecule has 4 aromatic rings. The fourth-order valence-electron chi connectivity index (χ4n) is 5.36. The Labute approximate surface area is 269 Å². The van der Waals surface area contributed by atoms with Crippen LogP contribution in [0.15, 0.2) is 94.7 Å². The average Bonchev–Trinajstić information content (AvgIpc) is 3.71. The van der Waals surface area contributed by atoms with Crippen LogP contribution in [0.25, 0.3) is 0 Å². The Kier molecular flexibility index (Phi) is 9.23. The third-order valence-electron chi connectivity index (χ3n) is 8.03. The molecule has 0 fully saturated rings. The number of aryl methyl sites for hydroxylation is 2. The van der Waals surface area contributed by atoms with Gasteiger partial charge in [0.15, 0.2) is 23.0 Å². The van der Waals surface area contributed by atoms with Crippen molar-refractivity contribution in [1.82, 2.24) is 0 Å². The third kappa shape index (κ3) is 7.47. The number of fused-ring (bicyclic) bond motifs is 2. The van der Waals surface area contributed by atoms with Crippen LogP contribution < -0.4 is 18.9 Å². The van der Waals surface area contributed by atoms with E-state index in [4.69, 9.17) is 27.3 Å². The predicted molar refractivity (Wildman–Crippen MR) is 168 cm³/mol. The van der Waals surface area contributed by atoms with Crippen LogP contribution in [0.5, 0.6) is 23.0 Å². The lowest BCUT2D eigenvalue weighted by Gasteiger charge is -2.27. The van der Waals surface area contributed by atoms with E-state index in [1.165, 1.54) is 24.3 Å². The highest BCUT2D eigenvalue weighted by Gasteiger charge is 2.30. The van der Waals surface area contributed by atoms with E-state index in [0.717, 1.165) is 22.3 Å². The van der Waals surface area contributed by atoms with Crippen molar-refractivity contribution in [3.8, 4) is 23.0 Å². The van der Waals surface area contributed by atoms with Crippen LogP contribution in [0.1, 0.15) is 22.3 Å². The van der Waals surface area contributed by atoms with Crippen molar-refractivity contribution in [2.24, 2.45) is 11.8 Å². The van der Waals surface area contributed by atoms with Gasteiger partial charge in [0.05, 0.1) is 23.0 Å². The van der Waals surface area contributed by atoms with Crippen molar-refractivity contribution in [2.75, 3.05) is 26.8 Å². The lowest BCUT2D eigenvalue weighted by atomic mass is 9.83. The first kappa shape index (κ1) is 31.9. The monoisotopic (exact) mass is 666 g/mol. The van der Waals surface area contributed by atoms with Crippen LogP contribution in [0.4, 0.5) is 0 Å². The molecule has 0 spiro atoms. The van der Waals surface area contributed by atoms with Crippen LogP contribution in [0.2, 0.25) is 0 Å². The molecule has 0 amide bonds. The van der Waals surface area contributed by atoms with Gasteiger partial charge < -0.3 is 18.9 Å². The molecule has 2 heterocycles. The van der Waals surface area contributed by atoms with E-state index < -0.39 is 32.1 Å². The van der Waals surface area contributed by atoms with E-state index in [9.17, 15) is 16.8 Å². The van der Waals surface area contributed by atoms with Crippen LogP contribution in [0.3, 0.4) is 0 Å². The second-order valence-electron chi connectivity index (χ2n) is 11.4. The normalized spacial score (nSPS) is 15.1. The van der Waals surface area contributed by atoms with Crippen molar-refractivity contribution < 1.29 is 44.1 Å². The highest BCUT2D eigenvalue weighted by atomic mass is 32.2. The molecule has 0 aromatic heterocycles. The van der Waals surface area contributed by atoms with Gasteiger partial charge in [0.1, 0.15) is 0 Å². The quantitative estimate of drug-likeness (QED) is 0.167. The fraction of sp³-hybridized carbons (Fsp3) is 0.294. The van der Waals surface area contributed by atoms with Gasteiger partial charge in [-0.3, -0.25) is 8.37 Å². The topological polar surface area (TPSA) is 124 Å². The fourth-order valence-corrected chi connectivity index (χ4v) is 7.28. The van der Waals surface area contributed by atoms with Crippen LogP contribution in [-0.4, -0.2) is 43.6 Å². The molecule has 12 heteroatoms. The summed E-state index contributed by atoms with van der Waals surface area (Å²) >= 11 is 0. The highest BCUT2D eigenvalue weighted by Crippen LogP contribution is 2.36. The molecule has 46 heavy (non-hydrogen) atoms. The van der Waals surface area contributed by atoms with E-state index >= 15 is 0 Å². The zero-order valence-electron chi connectivity index (χ0n) is 25.4. The minimum absolute atomic E-state index is 0.0328. The Bertz CT molecular complexity index is 1760. The Hall–Kier alpha value is -4.10. The molecular weight excluding hydrogens is 632 g/mol. The minimum atomic E-state index is -4.12. The van der Waals surface area contributed by atoms with E-state index in [1.54, 1.807) is 36.4 Å². The van der Waals surface area contributed by atoms with Crippen molar-refractivity contribution in [3.63, 3.8) is 0 Å². The van der Waals surface area contributed by atoms with Crippen LogP contribution in [0, 0.1) is 25.7 Å². The summed E-state index contributed by atoms with van der Waals surface area (Å²) in [5, 5.41) is 0. The molecule has 0 saturated carbocycles. The summed E-state index contributed by atoms with van der Waals surface area (Å²) in [6.07, 6.45) is 0.673. The Morgan fingerprint density at radius 3 is 1.30 bits per heavy atom.